The van der Waals surface area contributed by atoms with E-state index in [-0.39, 0.29) is 30.4 Å². The van der Waals surface area contributed by atoms with Gasteiger partial charge in [-0.3, -0.25) is 20.7 Å². The molecule has 3 saturated heterocycles. The van der Waals surface area contributed by atoms with E-state index in [1.54, 1.807) is 7.11 Å². The number of nitrogens with zero attached hydrogens (tertiary/aromatic N) is 1. The van der Waals surface area contributed by atoms with Crippen LogP contribution in [0.3, 0.4) is 0 Å². The summed E-state index contributed by atoms with van der Waals surface area (Å²) in [6, 6.07) is 0.727. The van der Waals surface area contributed by atoms with Crippen molar-refractivity contribution in [2.24, 2.45) is 11.8 Å². The second-order valence-corrected chi connectivity index (χ2v) is 13.6. The van der Waals surface area contributed by atoms with Crippen LogP contribution in [-0.4, -0.2) is 101 Å². The number of methoxy groups -OCH3 is 1. The van der Waals surface area contributed by atoms with Crippen molar-refractivity contribution in [1.29, 1.82) is 0 Å². The molecule has 38 heavy (non-hydrogen) atoms. The zero-order valence-corrected chi connectivity index (χ0v) is 24.4. The van der Waals surface area contributed by atoms with E-state index in [9.17, 15) is 13.2 Å². The van der Waals surface area contributed by atoms with Gasteiger partial charge in [-0.25, -0.2) is 12.7 Å². The van der Waals surface area contributed by atoms with Crippen LogP contribution in [-0.2, 0) is 24.3 Å². The Morgan fingerprint density at radius 2 is 1.87 bits per heavy atom. The van der Waals surface area contributed by atoms with Crippen molar-refractivity contribution in [3.05, 3.63) is 0 Å². The minimum Gasteiger partial charge on any atom is -0.380 e. The molecule has 3 aliphatic heterocycles. The quantitative estimate of drug-likeness (QED) is 0.257. The second-order valence-electron chi connectivity index (χ2n) is 11.5. The van der Waals surface area contributed by atoms with Gasteiger partial charge < -0.3 is 20.1 Å². The predicted molar refractivity (Wildman–Crippen MR) is 147 cm³/mol. The third-order valence-corrected chi connectivity index (χ3v) is 11.3. The number of rotatable bonds is 10. The van der Waals surface area contributed by atoms with E-state index < -0.39 is 21.6 Å². The number of hydrogen-bond acceptors (Lipinski definition) is 9. The molecule has 1 saturated carbocycles. The van der Waals surface area contributed by atoms with Crippen molar-refractivity contribution in [2.45, 2.75) is 108 Å². The number of ether oxygens (including phenoxy) is 2. The summed E-state index contributed by atoms with van der Waals surface area (Å²) in [6.07, 6.45) is 5.31. The molecule has 5 N–H and O–H groups in total. The first-order valence-electron chi connectivity index (χ1n) is 14.7. The fraction of sp³-hybridized carbons (Fsp3) is 0.962. The molecule has 4 rings (SSSR count). The van der Waals surface area contributed by atoms with E-state index >= 15 is 0 Å². The molecule has 0 bridgehead atoms. The summed E-state index contributed by atoms with van der Waals surface area (Å²) in [5.41, 5.74) is -0.936. The molecule has 0 spiro atoms. The monoisotopic (exact) mass is 558 g/mol. The fourth-order valence-corrected chi connectivity index (χ4v) is 8.36. The molecule has 9 unspecified atom stereocenters. The first kappa shape index (κ1) is 30.1. The lowest BCUT2D eigenvalue weighted by molar-refractivity contribution is -0.131. The van der Waals surface area contributed by atoms with Crippen LogP contribution in [0.25, 0.3) is 0 Å². The van der Waals surface area contributed by atoms with Gasteiger partial charge in [0.25, 0.3) is 0 Å². The lowest BCUT2D eigenvalue weighted by Gasteiger charge is -2.43. The highest BCUT2D eigenvalue weighted by Crippen LogP contribution is 2.29. The van der Waals surface area contributed by atoms with Crippen LogP contribution >= 0.6 is 0 Å². The van der Waals surface area contributed by atoms with Crippen molar-refractivity contribution in [3.63, 3.8) is 0 Å². The molecule has 9 atom stereocenters. The van der Waals surface area contributed by atoms with Crippen molar-refractivity contribution < 1.29 is 22.7 Å². The van der Waals surface area contributed by atoms with E-state index in [0.717, 1.165) is 51.7 Å². The second kappa shape index (κ2) is 13.7. The van der Waals surface area contributed by atoms with Crippen LogP contribution in [0, 0.1) is 11.8 Å². The Balaban J connectivity index is 1.26. The summed E-state index contributed by atoms with van der Waals surface area (Å²) < 4.78 is 38.4. The molecule has 11 nitrogen and oxygen atoms in total. The molecule has 4 fully saturated rings. The highest BCUT2D eigenvalue weighted by atomic mass is 32.2. The molecule has 0 aromatic heterocycles. The van der Waals surface area contributed by atoms with Crippen LogP contribution in [0.2, 0.25) is 0 Å². The normalized spacial score (nSPS) is 38.8. The van der Waals surface area contributed by atoms with Gasteiger partial charge in [-0.05, 0) is 69.9 Å². The first-order chi connectivity index (χ1) is 18.2. The number of sulfonamides is 1. The van der Waals surface area contributed by atoms with Gasteiger partial charge in [-0.1, -0.05) is 20.8 Å². The molecular formula is C26H50N6O5S. The van der Waals surface area contributed by atoms with Gasteiger partial charge >= 0.3 is 0 Å². The molecule has 3 heterocycles. The summed E-state index contributed by atoms with van der Waals surface area (Å²) >= 11 is 0. The minimum absolute atomic E-state index is 0.0304. The van der Waals surface area contributed by atoms with Gasteiger partial charge in [-0.15, -0.1) is 0 Å². The van der Waals surface area contributed by atoms with E-state index in [4.69, 9.17) is 9.47 Å². The Labute approximate surface area is 228 Å². The Morgan fingerprint density at radius 1 is 1.08 bits per heavy atom. The van der Waals surface area contributed by atoms with Gasteiger partial charge in [0, 0.05) is 44.9 Å². The average Bonchev–Trinajstić information content (AvgIpc) is 3.43. The molecule has 4 aliphatic rings. The summed E-state index contributed by atoms with van der Waals surface area (Å²) in [5.74, 6) is 0.844. The fourth-order valence-electron chi connectivity index (χ4n) is 6.60. The summed E-state index contributed by atoms with van der Waals surface area (Å²) in [6.45, 7) is 9.60. The third kappa shape index (κ3) is 7.25. The number of piperidine rings is 1. The zero-order valence-electron chi connectivity index (χ0n) is 23.6. The highest BCUT2D eigenvalue weighted by molar-refractivity contribution is 7.89. The number of nitrogens with one attached hydrogen (secondary N) is 5. The molecule has 12 heteroatoms. The number of carbonyl (C=O) groups is 1. The molecule has 0 radical (unpaired) electrons. The number of carbonyl (C=O) groups excluding carboxylic acids is 1. The Bertz CT molecular complexity index is 874. The molecule has 1 aliphatic carbocycles. The standard InChI is InChI=1S/C26H50N6O5S/c1-5-32(6-2)38(34,35)24-10-9-23(37-24)25(33)29-19-8-7-17(3)22(14-19)31-26-28-12-11-21(30-26)18-13-20(36-4)16-27-15-18/h17-24,26-28,30-31H,5-16H2,1-4H3,(H,29,33). The van der Waals surface area contributed by atoms with Crippen LogP contribution in [0.5, 0.6) is 0 Å². The average molecular weight is 559 g/mol. The van der Waals surface area contributed by atoms with Crippen LogP contribution in [0.1, 0.15) is 65.7 Å². The molecule has 0 aromatic carbocycles. The largest absolute Gasteiger partial charge is 0.380 e. The molecule has 0 aromatic rings. The lowest BCUT2D eigenvalue weighted by atomic mass is 9.82. The van der Waals surface area contributed by atoms with Crippen LogP contribution < -0.4 is 26.6 Å². The maximum Gasteiger partial charge on any atom is 0.249 e. The lowest BCUT2D eigenvalue weighted by Crippen LogP contribution is -2.66. The third-order valence-electron chi connectivity index (χ3n) is 9.02. The smallest absolute Gasteiger partial charge is 0.249 e. The van der Waals surface area contributed by atoms with Gasteiger partial charge in [-0.2, -0.15) is 0 Å². The van der Waals surface area contributed by atoms with E-state index in [1.807, 2.05) is 13.8 Å². The van der Waals surface area contributed by atoms with E-state index in [2.05, 4.69) is 33.5 Å². The van der Waals surface area contributed by atoms with Gasteiger partial charge in [0.15, 0.2) is 5.44 Å². The predicted octanol–water partition coefficient (Wildman–Crippen LogP) is 0.286. The minimum atomic E-state index is -3.55. The van der Waals surface area contributed by atoms with Crippen LogP contribution in [0.15, 0.2) is 0 Å². The Hall–Kier alpha value is -0.860. The highest BCUT2D eigenvalue weighted by Gasteiger charge is 2.42. The molecule has 220 valence electrons. The van der Waals surface area contributed by atoms with Gasteiger partial charge in [0.05, 0.1) is 6.10 Å². The zero-order chi connectivity index (χ0) is 27.3. The van der Waals surface area contributed by atoms with Gasteiger partial charge in [0.2, 0.25) is 15.9 Å². The van der Waals surface area contributed by atoms with E-state index in [1.165, 1.54) is 4.31 Å². The van der Waals surface area contributed by atoms with Crippen molar-refractivity contribution in [2.75, 3.05) is 39.8 Å². The number of amides is 1. The summed E-state index contributed by atoms with van der Waals surface area (Å²) in [7, 11) is -1.76. The maximum atomic E-state index is 13.0. The Morgan fingerprint density at radius 3 is 2.61 bits per heavy atom. The first-order valence-corrected chi connectivity index (χ1v) is 16.2. The SMILES string of the molecule is CCN(CC)S(=O)(=O)C1CCC(C(=O)NC2CCC(C)C(NC3NCCC(C4CNCC(OC)C4)N3)C2)O1. The van der Waals surface area contributed by atoms with Crippen molar-refractivity contribution >= 4 is 15.9 Å². The molecular weight excluding hydrogens is 508 g/mol. The molecule has 1 amide bonds. The van der Waals surface area contributed by atoms with Crippen molar-refractivity contribution in [3.8, 4) is 0 Å². The Kier molecular flexibility index (Phi) is 10.8. The van der Waals surface area contributed by atoms with Gasteiger partial charge in [0.1, 0.15) is 12.4 Å². The maximum absolute atomic E-state index is 13.0. The topological polar surface area (TPSA) is 133 Å². The summed E-state index contributed by atoms with van der Waals surface area (Å²) in [5, 5.41) is 17.8. The van der Waals surface area contributed by atoms with E-state index in [0.29, 0.717) is 43.8 Å². The van der Waals surface area contributed by atoms with Crippen molar-refractivity contribution in [1.82, 2.24) is 30.9 Å². The number of hydrogen-bond donors (Lipinski definition) is 5. The van der Waals surface area contributed by atoms with Crippen LogP contribution in [0.4, 0.5) is 0 Å². The summed E-state index contributed by atoms with van der Waals surface area (Å²) in [4.78, 5) is 13.0.